The standard InChI is InChI=1S/C13H20N2O3/c1-18-13(17)12(8-14)15-11(9-16)7-10-5-3-2-4-6-10/h2-6,11-12,15-16H,7-9,14H2,1H3. The molecule has 0 bridgehead atoms. The van der Waals surface area contributed by atoms with Crippen LogP contribution in [-0.4, -0.2) is 43.4 Å². The third kappa shape index (κ3) is 4.44. The van der Waals surface area contributed by atoms with E-state index >= 15 is 0 Å². The van der Waals surface area contributed by atoms with Crippen LogP contribution >= 0.6 is 0 Å². The van der Waals surface area contributed by atoms with Crippen LogP contribution in [0.15, 0.2) is 30.3 Å². The average Bonchev–Trinajstić information content (AvgIpc) is 2.43. The van der Waals surface area contributed by atoms with Crippen LogP contribution in [0.4, 0.5) is 0 Å². The van der Waals surface area contributed by atoms with Crippen molar-refractivity contribution in [3.63, 3.8) is 0 Å². The van der Waals surface area contributed by atoms with Crippen molar-refractivity contribution in [1.29, 1.82) is 0 Å². The van der Waals surface area contributed by atoms with Gasteiger partial charge in [-0.05, 0) is 12.0 Å². The number of nitrogens with one attached hydrogen (secondary N) is 1. The number of nitrogens with two attached hydrogens (primary N) is 1. The summed E-state index contributed by atoms with van der Waals surface area (Å²) in [5.74, 6) is -0.413. The first-order valence-electron chi connectivity index (χ1n) is 5.90. The van der Waals surface area contributed by atoms with Gasteiger partial charge in [0.05, 0.1) is 13.7 Å². The van der Waals surface area contributed by atoms with E-state index in [1.807, 2.05) is 30.3 Å². The minimum atomic E-state index is -0.587. The summed E-state index contributed by atoms with van der Waals surface area (Å²) in [4.78, 5) is 11.4. The summed E-state index contributed by atoms with van der Waals surface area (Å²) >= 11 is 0. The van der Waals surface area contributed by atoms with Crippen LogP contribution in [-0.2, 0) is 16.0 Å². The van der Waals surface area contributed by atoms with Gasteiger partial charge in [-0.3, -0.25) is 10.1 Å². The van der Waals surface area contributed by atoms with E-state index in [0.29, 0.717) is 6.42 Å². The smallest absolute Gasteiger partial charge is 0.324 e. The maximum absolute atomic E-state index is 11.4. The number of hydrogen-bond acceptors (Lipinski definition) is 5. The van der Waals surface area contributed by atoms with Crippen molar-refractivity contribution < 1.29 is 14.6 Å². The molecule has 0 amide bonds. The van der Waals surface area contributed by atoms with Crippen molar-refractivity contribution in [3.8, 4) is 0 Å². The number of carbonyl (C=O) groups excluding carboxylic acids is 1. The van der Waals surface area contributed by atoms with Gasteiger partial charge >= 0.3 is 5.97 Å². The number of aliphatic hydroxyl groups is 1. The van der Waals surface area contributed by atoms with E-state index in [1.165, 1.54) is 7.11 Å². The minimum absolute atomic E-state index is 0.0671. The Hall–Kier alpha value is -1.43. The first-order valence-corrected chi connectivity index (χ1v) is 5.90. The van der Waals surface area contributed by atoms with Crippen molar-refractivity contribution in [3.05, 3.63) is 35.9 Å². The van der Waals surface area contributed by atoms with Crippen molar-refractivity contribution in [2.75, 3.05) is 20.3 Å². The summed E-state index contributed by atoms with van der Waals surface area (Å²) in [5.41, 5.74) is 6.59. The number of hydrogen-bond donors (Lipinski definition) is 3. The Kier molecular flexibility index (Phi) is 6.35. The summed E-state index contributed by atoms with van der Waals surface area (Å²) in [6, 6.07) is 8.94. The van der Waals surface area contributed by atoms with E-state index < -0.39 is 12.0 Å². The fraction of sp³-hybridized carbons (Fsp3) is 0.462. The van der Waals surface area contributed by atoms with Gasteiger partial charge in [0.1, 0.15) is 6.04 Å². The molecular formula is C13H20N2O3. The Bertz CT molecular complexity index is 357. The number of esters is 1. The lowest BCUT2D eigenvalue weighted by Crippen LogP contribution is -2.50. The predicted molar refractivity (Wildman–Crippen MR) is 69.0 cm³/mol. The highest BCUT2D eigenvalue weighted by atomic mass is 16.5. The molecule has 0 saturated heterocycles. The van der Waals surface area contributed by atoms with Gasteiger partial charge in [-0.15, -0.1) is 0 Å². The Morgan fingerprint density at radius 3 is 2.61 bits per heavy atom. The zero-order chi connectivity index (χ0) is 13.4. The molecule has 2 unspecified atom stereocenters. The Labute approximate surface area is 107 Å². The first kappa shape index (κ1) is 14.6. The van der Waals surface area contributed by atoms with Gasteiger partial charge in [-0.25, -0.2) is 0 Å². The fourth-order valence-corrected chi connectivity index (χ4v) is 1.73. The number of carbonyl (C=O) groups is 1. The highest BCUT2D eigenvalue weighted by Gasteiger charge is 2.21. The number of benzene rings is 1. The summed E-state index contributed by atoms with van der Waals surface area (Å²) in [7, 11) is 1.32. The lowest BCUT2D eigenvalue weighted by atomic mass is 10.1. The SMILES string of the molecule is COC(=O)C(CN)NC(CO)Cc1ccccc1. The largest absolute Gasteiger partial charge is 0.468 e. The molecule has 1 aromatic rings. The van der Waals surface area contributed by atoms with Crippen molar-refractivity contribution in [1.82, 2.24) is 5.32 Å². The highest BCUT2D eigenvalue weighted by Crippen LogP contribution is 2.03. The molecule has 0 spiro atoms. The Balaban J connectivity index is 2.58. The molecule has 0 heterocycles. The van der Waals surface area contributed by atoms with Gasteiger partial charge in [-0.1, -0.05) is 30.3 Å². The van der Waals surface area contributed by atoms with Crippen LogP contribution in [0.25, 0.3) is 0 Å². The molecule has 0 aliphatic rings. The summed E-state index contributed by atoms with van der Waals surface area (Å²) in [6.07, 6.45) is 0.630. The summed E-state index contributed by atoms with van der Waals surface area (Å²) in [5, 5.41) is 12.3. The van der Waals surface area contributed by atoms with Gasteiger partial charge in [-0.2, -0.15) is 0 Å². The molecule has 5 nitrogen and oxygen atoms in total. The second kappa shape index (κ2) is 7.81. The van der Waals surface area contributed by atoms with Gasteiger partial charge < -0.3 is 15.6 Å². The molecular weight excluding hydrogens is 232 g/mol. The van der Waals surface area contributed by atoms with E-state index in [0.717, 1.165) is 5.56 Å². The second-order valence-corrected chi connectivity index (χ2v) is 4.05. The van der Waals surface area contributed by atoms with E-state index in [4.69, 9.17) is 5.73 Å². The molecule has 0 aromatic heterocycles. The van der Waals surface area contributed by atoms with E-state index in [9.17, 15) is 9.90 Å². The second-order valence-electron chi connectivity index (χ2n) is 4.05. The molecule has 1 aromatic carbocycles. The molecule has 4 N–H and O–H groups in total. The van der Waals surface area contributed by atoms with E-state index in [-0.39, 0.29) is 19.2 Å². The molecule has 0 aliphatic heterocycles. The van der Waals surface area contributed by atoms with Gasteiger partial charge in [0.25, 0.3) is 0 Å². The number of methoxy groups -OCH3 is 1. The van der Waals surface area contributed by atoms with Crippen LogP contribution in [0.1, 0.15) is 5.56 Å². The predicted octanol–water partition coefficient (Wildman–Crippen LogP) is -0.320. The monoisotopic (exact) mass is 252 g/mol. The molecule has 0 fully saturated rings. The maximum atomic E-state index is 11.4. The topological polar surface area (TPSA) is 84.6 Å². The molecule has 18 heavy (non-hydrogen) atoms. The summed E-state index contributed by atoms with van der Waals surface area (Å²) in [6.45, 7) is 0.0698. The Morgan fingerprint density at radius 1 is 1.44 bits per heavy atom. The fourth-order valence-electron chi connectivity index (χ4n) is 1.73. The number of aliphatic hydroxyl groups excluding tert-OH is 1. The highest BCUT2D eigenvalue weighted by molar-refractivity contribution is 5.75. The molecule has 0 aliphatic carbocycles. The lowest BCUT2D eigenvalue weighted by Gasteiger charge is -2.21. The van der Waals surface area contributed by atoms with Crippen molar-refractivity contribution in [2.24, 2.45) is 5.73 Å². The van der Waals surface area contributed by atoms with Crippen LogP contribution in [0, 0.1) is 0 Å². The van der Waals surface area contributed by atoms with Crippen LogP contribution in [0.2, 0.25) is 0 Å². The lowest BCUT2D eigenvalue weighted by molar-refractivity contribution is -0.143. The third-order valence-corrected chi connectivity index (χ3v) is 2.70. The van der Waals surface area contributed by atoms with E-state index in [1.54, 1.807) is 0 Å². The number of rotatable bonds is 7. The number of ether oxygens (including phenoxy) is 1. The van der Waals surface area contributed by atoms with E-state index in [2.05, 4.69) is 10.1 Å². The molecule has 1 rings (SSSR count). The third-order valence-electron chi connectivity index (χ3n) is 2.70. The molecule has 2 atom stereocenters. The summed E-state index contributed by atoms with van der Waals surface area (Å²) < 4.78 is 4.64. The van der Waals surface area contributed by atoms with Crippen molar-refractivity contribution >= 4 is 5.97 Å². The average molecular weight is 252 g/mol. The van der Waals surface area contributed by atoms with Crippen LogP contribution in [0.3, 0.4) is 0 Å². The van der Waals surface area contributed by atoms with Gasteiger partial charge in [0.15, 0.2) is 0 Å². The van der Waals surface area contributed by atoms with Gasteiger partial charge in [0.2, 0.25) is 0 Å². The molecule has 5 heteroatoms. The van der Waals surface area contributed by atoms with Crippen LogP contribution in [0.5, 0.6) is 0 Å². The molecule has 0 saturated carbocycles. The Morgan fingerprint density at radius 2 is 2.11 bits per heavy atom. The normalized spacial score (nSPS) is 13.9. The quantitative estimate of drug-likeness (QED) is 0.579. The minimum Gasteiger partial charge on any atom is -0.468 e. The van der Waals surface area contributed by atoms with Crippen LogP contribution < -0.4 is 11.1 Å². The maximum Gasteiger partial charge on any atom is 0.324 e. The van der Waals surface area contributed by atoms with Crippen molar-refractivity contribution in [2.45, 2.75) is 18.5 Å². The molecule has 100 valence electrons. The van der Waals surface area contributed by atoms with Gasteiger partial charge in [0, 0.05) is 12.6 Å². The zero-order valence-electron chi connectivity index (χ0n) is 10.5. The molecule has 0 radical (unpaired) electrons. The first-order chi connectivity index (χ1) is 8.71. The zero-order valence-corrected chi connectivity index (χ0v) is 10.5.